The Morgan fingerprint density at radius 3 is 2.58 bits per heavy atom. The number of benzene rings is 1. The molecule has 0 bridgehead atoms. The van der Waals surface area contributed by atoms with Crippen LogP contribution in [-0.4, -0.2) is 77.5 Å². The van der Waals surface area contributed by atoms with Crippen molar-refractivity contribution in [3.05, 3.63) is 40.1 Å². The fourth-order valence-electron chi connectivity index (χ4n) is 5.39. The van der Waals surface area contributed by atoms with Crippen molar-refractivity contribution in [2.24, 2.45) is 0 Å². The summed E-state index contributed by atoms with van der Waals surface area (Å²) in [5.74, 6) is 1.56. The van der Waals surface area contributed by atoms with Gasteiger partial charge >= 0.3 is 0 Å². The van der Waals surface area contributed by atoms with Crippen molar-refractivity contribution < 1.29 is 13.2 Å². The Kier molecular flexibility index (Phi) is 6.88. The average molecular weight is 515 g/mol. The molecule has 0 amide bonds. The second kappa shape index (κ2) is 9.95. The van der Waals surface area contributed by atoms with Gasteiger partial charge in [0, 0.05) is 31.6 Å². The molecule has 1 aliphatic heterocycles. The molecule has 0 atom stereocenters. The molecule has 1 aliphatic carbocycles. The number of hydrogen-bond donors (Lipinski definition) is 1. The van der Waals surface area contributed by atoms with Gasteiger partial charge in [0.25, 0.3) is 5.56 Å². The molecule has 3 heterocycles. The average Bonchev–Trinajstić information content (AvgIpc) is 3.06. The normalized spacial score (nSPS) is 19.0. The Morgan fingerprint density at radius 2 is 1.83 bits per heavy atom. The van der Waals surface area contributed by atoms with Gasteiger partial charge in [-0.3, -0.25) is 4.79 Å². The number of nitrogens with one attached hydrogen (secondary N) is 1. The van der Waals surface area contributed by atoms with Crippen LogP contribution in [0.25, 0.3) is 16.9 Å². The fourth-order valence-corrected chi connectivity index (χ4v) is 6.88. The second-order valence-electron chi connectivity index (χ2n) is 9.87. The number of H-pyrrole nitrogens is 1. The molecule has 1 saturated heterocycles. The van der Waals surface area contributed by atoms with Gasteiger partial charge in [0.15, 0.2) is 11.3 Å². The van der Waals surface area contributed by atoms with E-state index in [4.69, 9.17) is 9.72 Å². The van der Waals surface area contributed by atoms with Crippen LogP contribution in [0.5, 0.6) is 5.75 Å². The predicted octanol–water partition coefficient (Wildman–Crippen LogP) is 2.78. The highest BCUT2D eigenvalue weighted by molar-refractivity contribution is 7.89. The van der Waals surface area contributed by atoms with Crippen molar-refractivity contribution in [2.75, 3.05) is 40.3 Å². The van der Waals surface area contributed by atoms with E-state index in [9.17, 15) is 13.2 Å². The van der Waals surface area contributed by atoms with Gasteiger partial charge < -0.3 is 14.6 Å². The van der Waals surface area contributed by atoms with Crippen molar-refractivity contribution in [1.82, 2.24) is 28.8 Å². The Balaban J connectivity index is 1.52. The molecular formula is C25H34N6O4S. The molecule has 194 valence electrons. The summed E-state index contributed by atoms with van der Waals surface area (Å²) in [4.78, 5) is 23.2. The van der Waals surface area contributed by atoms with E-state index in [-0.39, 0.29) is 16.4 Å². The molecule has 2 aromatic heterocycles. The summed E-state index contributed by atoms with van der Waals surface area (Å²) in [6.07, 6.45) is 6.36. The summed E-state index contributed by atoms with van der Waals surface area (Å²) in [5.41, 5.74) is 1.57. The highest BCUT2D eigenvalue weighted by Crippen LogP contribution is 2.35. The molecule has 1 N–H and O–H groups in total. The first-order valence-corrected chi connectivity index (χ1v) is 14.1. The predicted molar refractivity (Wildman–Crippen MR) is 137 cm³/mol. The number of hydrogen-bond acceptors (Lipinski definition) is 7. The molecule has 36 heavy (non-hydrogen) atoms. The van der Waals surface area contributed by atoms with Crippen molar-refractivity contribution in [3.63, 3.8) is 0 Å². The lowest BCUT2D eigenvalue weighted by Crippen LogP contribution is -2.34. The standard InChI is InChI=1S/C25H34N6O4S/c1-17-26-22(18-8-5-4-6-9-18)23-25(32)27-24(28-31(17)23)20-11-10-19(16-21(20)35-3)36(33,34)30-13-7-12-29(2)14-15-30/h10-11,16,18H,4-9,12-15H2,1-3H3,(H,27,28,32). The van der Waals surface area contributed by atoms with E-state index in [1.54, 1.807) is 16.6 Å². The summed E-state index contributed by atoms with van der Waals surface area (Å²) in [7, 11) is -0.199. The minimum atomic E-state index is -3.68. The van der Waals surface area contributed by atoms with Crippen LogP contribution in [0.15, 0.2) is 27.9 Å². The van der Waals surface area contributed by atoms with E-state index < -0.39 is 10.0 Å². The van der Waals surface area contributed by atoms with Crippen LogP contribution in [0.2, 0.25) is 0 Å². The summed E-state index contributed by atoms with van der Waals surface area (Å²) in [6.45, 7) is 4.32. The maximum atomic E-state index is 13.4. The lowest BCUT2D eigenvalue weighted by molar-refractivity contribution is 0.347. The molecule has 10 nitrogen and oxygen atoms in total. The fraction of sp³-hybridized carbons (Fsp3) is 0.560. The Morgan fingerprint density at radius 1 is 1.06 bits per heavy atom. The summed E-state index contributed by atoms with van der Waals surface area (Å²) in [6, 6.07) is 4.71. The zero-order valence-electron chi connectivity index (χ0n) is 21.2. The van der Waals surface area contributed by atoms with Gasteiger partial charge in [-0.2, -0.15) is 4.31 Å². The number of aryl methyl sites for hydroxylation is 1. The van der Waals surface area contributed by atoms with Gasteiger partial charge in [0.2, 0.25) is 10.0 Å². The Bertz CT molecular complexity index is 1420. The van der Waals surface area contributed by atoms with Crippen molar-refractivity contribution in [3.8, 4) is 17.1 Å². The highest BCUT2D eigenvalue weighted by atomic mass is 32.2. The second-order valence-corrected chi connectivity index (χ2v) is 11.8. The highest BCUT2D eigenvalue weighted by Gasteiger charge is 2.28. The number of fused-ring (bicyclic) bond motifs is 1. The number of aromatic amines is 1. The molecular weight excluding hydrogens is 480 g/mol. The van der Waals surface area contributed by atoms with Gasteiger partial charge in [-0.25, -0.2) is 17.9 Å². The molecule has 1 saturated carbocycles. The zero-order chi connectivity index (χ0) is 25.4. The first-order chi connectivity index (χ1) is 17.3. The molecule has 11 heteroatoms. The zero-order valence-corrected chi connectivity index (χ0v) is 22.0. The van der Waals surface area contributed by atoms with E-state index in [1.165, 1.54) is 23.9 Å². The quantitative estimate of drug-likeness (QED) is 0.557. The van der Waals surface area contributed by atoms with Gasteiger partial charge in [-0.05, 0) is 51.9 Å². The van der Waals surface area contributed by atoms with Crippen molar-refractivity contribution >= 4 is 15.5 Å². The van der Waals surface area contributed by atoms with E-state index >= 15 is 0 Å². The largest absolute Gasteiger partial charge is 0.496 e. The van der Waals surface area contributed by atoms with Crippen molar-refractivity contribution in [1.29, 1.82) is 0 Å². The number of ether oxygens (including phenoxy) is 1. The van der Waals surface area contributed by atoms with E-state index in [2.05, 4.69) is 15.0 Å². The third-order valence-corrected chi connectivity index (χ3v) is 9.32. The SMILES string of the molecule is COc1cc(S(=O)(=O)N2CCCN(C)CC2)ccc1-c1nn2c(C)nc(C3CCCCC3)c2c(=O)[nH]1. The van der Waals surface area contributed by atoms with Gasteiger partial charge in [0.05, 0.1) is 23.3 Å². The maximum absolute atomic E-state index is 13.4. The molecule has 2 fully saturated rings. The number of imidazole rings is 1. The smallest absolute Gasteiger partial charge is 0.277 e. The van der Waals surface area contributed by atoms with Crippen LogP contribution >= 0.6 is 0 Å². The number of nitrogens with zero attached hydrogens (tertiary/aromatic N) is 5. The van der Waals surface area contributed by atoms with Crippen LogP contribution < -0.4 is 10.3 Å². The molecule has 0 radical (unpaired) electrons. The van der Waals surface area contributed by atoms with Crippen LogP contribution in [0.1, 0.15) is 56.0 Å². The molecule has 3 aromatic rings. The maximum Gasteiger partial charge on any atom is 0.277 e. The minimum absolute atomic E-state index is 0.162. The van der Waals surface area contributed by atoms with Crippen molar-refractivity contribution in [2.45, 2.75) is 56.3 Å². The lowest BCUT2D eigenvalue weighted by Gasteiger charge is -2.21. The van der Waals surface area contributed by atoms with Crippen LogP contribution in [-0.2, 0) is 10.0 Å². The van der Waals surface area contributed by atoms with Crippen LogP contribution in [0.3, 0.4) is 0 Å². The van der Waals surface area contributed by atoms with Crippen LogP contribution in [0.4, 0.5) is 0 Å². The molecule has 1 aromatic carbocycles. The third-order valence-electron chi connectivity index (χ3n) is 7.43. The first-order valence-electron chi connectivity index (χ1n) is 12.7. The summed E-state index contributed by atoms with van der Waals surface area (Å²) >= 11 is 0. The lowest BCUT2D eigenvalue weighted by atomic mass is 9.87. The van der Waals surface area contributed by atoms with E-state index in [0.717, 1.165) is 44.3 Å². The Hall–Kier alpha value is -2.76. The first kappa shape index (κ1) is 24.9. The number of rotatable bonds is 5. The molecule has 2 aliphatic rings. The van der Waals surface area contributed by atoms with Gasteiger partial charge in [-0.15, -0.1) is 5.10 Å². The number of methoxy groups -OCH3 is 1. The van der Waals surface area contributed by atoms with Gasteiger partial charge in [-0.1, -0.05) is 19.3 Å². The minimum Gasteiger partial charge on any atom is -0.496 e. The number of likely N-dealkylation sites (N-methyl/N-ethyl adjacent to an activating group) is 1. The van der Waals surface area contributed by atoms with Crippen LogP contribution in [0, 0.1) is 6.92 Å². The summed E-state index contributed by atoms with van der Waals surface area (Å²) in [5, 5.41) is 4.69. The third kappa shape index (κ3) is 4.55. The molecule has 0 unspecified atom stereocenters. The molecule has 5 rings (SSSR count). The molecule has 0 spiro atoms. The Labute approximate surface area is 211 Å². The number of sulfonamides is 1. The number of aromatic nitrogens is 4. The van der Waals surface area contributed by atoms with E-state index in [0.29, 0.717) is 48.1 Å². The topological polar surface area (TPSA) is 113 Å². The van der Waals surface area contributed by atoms with Gasteiger partial charge in [0.1, 0.15) is 11.6 Å². The van der Waals surface area contributed by atoms with E-state index in [1.807, 2.05) is 14.0 Å². The monoisotopic (exact) mass is 514 g/mol. The summed E-state index contributed by atoms with van der Waals surface area (Å²) < 4.78 is 35.4.